The van der Waals surface area contributed by atoms with Gasteiger partial charge in [0.15, 0.2) is 0 Å². The molecule has 1 N–H and O–H groups in total. The number of nitrogens with one attached hydrogen (secondary N) is 1. The van der Waals surface area contributed by atoms with Gasteiger partial charge in [0.25, 0.3) is 0 Å². The predicted octanol–water partition coefficient (Wildman–Crippen LogP) is 3.82. The van der Waals surface area contributed by atoms with E-state index in [-0.39, 0.29) is 11.9 Å². The number of amides is 1. The highest BCUT2D eigenvalue weighted by Crippen LogP contribution is 2.25. The molecule has 0 unspecified atom stereocenters. The van der Waals surface area contributed by atoms with E-state index < -0.39 is 16.1 Å². The number of carbonyl (C=O) groups excluding carboxylic acids is 1. The molecule has 1 amide bonds. The first-order valence-corrected chi connectivity index (χ1v) is 11.6. The van der Waals surface area contributed by atoms with Crippen LogP contribution in [0.15, 0.2) is 48.5 Å². The van der Waals surface area contributed by atoms with Crippen LogP contribution in [-0.4, -0.2) is 33.2 Å². The zero-order valence-electron chi connectivity index (χ0n) is 17.7. The quantitative estimate of drug-likeness (QED) is 0.672. The number of sulfonamides is 1. The standard InChI is InChI=1S/C22H30N2O4S/c1-6-21(18-10-8-16(3)9-11-18)23-22(25)17(4)24(29(5,26)27)19-12-14-20(15-13-19)28-7-2/h8-15,17,21H,6-7H2,1-5H3,(H,23,25)/t17-,21-/m1/s1. The molecule has 0 aromatic heterocycles. The number of carbonyl (C=O) groups is 1. The fourth-order valence-corrected chi connectivity index (χ4v) is 4.35. The van der Waals surface area contributed by atoms with Crippen molar-refractivity contribution in [1.29, 1.82) is 0 Å². The Balaban J connectivity index is 2.24. The van der Waals surface area contributed by atoms with E-state index in [1.807, 2.05) is 45.0 Å². The SMILES string of the molecule is CCOc1ccc(N([C@H](C)C(=O)N[C@H](CC)c2ccc(C)cc2)S(C)(=O)=O)cc1. The van der Waals surface area contributed by atoms with Crippen molar-refractivity contribution in [3.8, 4) is 5.75 Å². The molecule has 0 heterocycles. The molecule has 0 bridgehead atoms. The van der Waals surface area contributed by atoms with E-state index >= 15 is 0 Å². The number of aryl methyl sites for hydroxylation is 1. The van der Waals surface area contributed by atoms with Gasteiger partial charge in [-0.3, -0.25) is 9.10 Å². The van der Waals surface area contributed by atoms with Crippen LogP contribution in [0.25, 0.3) is 0 Å². The molecule has 0 aliphatic heterocycles. The number of rotatable bonds is 9. The molecule has 2 aromatic rings. The highest BCUT2D eigenvalue weighted by Gasteiger charge is 2.30. The van der Waals surface area contributed by atoms with Gasteiger partial charge in [0.2, 0.25) is 15.9 Å². The van der Waals surface area contributed by atoms with Crippen molar-refractivity contribution >= 4 is 21.6 Å². The number of ether oxygens (including phenoxy) is 1. The van der Waals surface area contributed by atoms with Gasteiger partial charge in [0.1, 0.15) is 11.8 Å². The predicted molar refractivity (Wildman–Crippen MR) is 117 cm³/mol. The molecule has 158 valence electrons. The number of benzene rings is 2. The summed E-state index contributed by atoms with van der Waals surface area (Å²) in [4.78, 5) is 12.9. The largest absolute Gasteiger partial charge is 0.494 e. The molecule has 0 aliphatic rings. The summed E-state index contributed by atoms with van der Waals surface area (Å²) in [6.45, 7) is 7.98. The van der Waals surface area contributed by atoms with Crippen molar-refractivity contribution in [2.24, 2.45) is 0 Å². The molecule has 0 saturated carbocycles. The van der Waals surface area contributed by atoms with Gasteiger partial charge in [-0.15, -0.1) is 0 Å². The Morgan fingerprint density at radius 1 is 1.07 bits per heavy atom. The van der Waals surface area contributed by atoms with Gasteiger partial charge in [0.05, 0.1) is 24.6 Å². The van der Waals surface area contributed by atoms with Crippen LogP contribution in [0.2, 0.25) is 0 Å². The molecule has 29 heavy (non-hydrogen) atoms. The van der Waals surface area contributed by atoms with E-state index in [0.29, 0.717) is 24.5 Å². The maximum absolute atomic E-state index is 12.9. The Labute approximate surface area is 173 Å². The van der Waals surface area contributed by atoms with Crippen molar-refractivity contribution in [3.63, 3.8) is 0 Å². The van der Waals surface area contributed by atoms with Crippen LogP contribution in [0, 0.1) is 6.92 Å². The molecule has 7 heteroatoms. The van der Waals surface area contributed by atoms with Crippen molar-refractivity contribution in [3.05, 3.63) is 59.7 Å². The smallest absolute Gasteiger partial charge is 0.244 e. The first kappa shape index (κ1) is 22.7. The molecular formula is C22H30N2O4S. The Morgan fingerprint density at radius 2 is 1.66 bits per heavy atom. The number of anilines is 1. The first-order chi connectivity index (χ1) is 13.7. The molecule has 6 nitrogen and oxygen atoms in total. The average molecular weight is 419 g/mol. The normalized spacial score (nSPS) is 13.4. The summed E-state index contributed by atoms with van der Waals surface area (Å²) in [6, 6.07) is 13.6. The summed E-state index contributed by atoms with van der Waals surface area (Å²) in [5.74, 6) is 0.295. The monoisotopic (exact) mass is 418 g/mol. The van der Waals surface area contributed by atoms with Crippen LogP contribution in [0.5, 0.6) is 5.75 Å². The maximum Gasteiger partial charge on any atom is 0.244 e. The van der Waals surface area contributed by atoms with E-state index in [9.17, 15) is 13.2 Å². The second-order valence-corrected chi connectivity index (χ2v) is 8.90. The van der Waals surface area contributed by atoms with E-state index in [1.165, 1.54) is 0 Å². The Bertz CT molecular complexity index is 909. The minimum absolute atomic E-state index is 0.188. The molecule has 0 radical (unpaired) electrons. The summed E-state index contributed by atoms with van der Waals surface area (Å²) in [5.41, 5.74) is 2.55. The summed E-state index contributed by atoms with van der Waals surface area (Å²) < 4.78 is 31.5. The lowest BCUT2D eigenvalue weighted by molar-refractivity contribution is -0.122. The van der Waals surface area contributed by atoms with Gasteiger partial charge in [-0.25, -0.2) is 8.42 Å². The lowest BCUT2D eigenvalue weighted by Gasteiger charge is -2.30. The Kier molecular flexibility index (Phi) is 7.67. The van der Waals surface area contributed by atoms with Crippen LogP contribution in [0.1, 0.15) is 44.4 Å². The molecule has 2 rings (SSSR count). The highest BCUT2D eigenvalue weighted by atomic mass is 32.2. The van der Waals surface area contributed by atoms with Gasteiger partial charge < -0.3 is 10.1 Å². The van der Waals surface area contributed by atoms with Crippen LogP contribution < -0.4 is 14.4 Å². The summed E-state index contributed by atoms with van der Waals surface area (Å²) in [5, 5.41) is 2.99. The minimum atomic E-state index is -3.67. The third kappa shape index (κ3) is 5.97. The number of hydrogen-bond acceptors (Lipinski definition) is 4. The summed E-state index contributed by atoms with van der Waals surface area (Å²) >= 11 is 0. The Hall–Kier alpha value is -2.54. The zero-order valence-corrected chi connectivity index (χ0v) is 18.5. The van der Waals surface area contributed by atoms with E-state index in [2.05, 4.69) is 5.32 Å². The molecule has 0 fully saturated rings. The van der Waals surface area contributed by atoms with Crippen molar-refractivity contribution in [2.75, 3.05) is 17.2 Å². The Morgan fingerprint density at radius 3 is 2.14 bits per heavy atom. The summed E-state index contributed by atoms with van der Waals surface area (Å²) in [7, 11) is -3.67. The van der Waals surface area contributed by atoms with Crippen LogP contribution in [0.4, 0.5) is 5.69 Å². The molecule has 2 atom stereocenters. The maximum atomic E-state index is 12.9. The third-order valence-corrected chi connectivity index (χ3v) is 5.94. The van der Waals surface area contributed by atoms with Crippen LogP contribution in [-0.2, 0) is 14.8 Å². The lowest BCUT2D eigenvalue weighted by atomic mass is 10.0. The van der Waals surface area contributed by atoms with Gasteiger partial charge in [-0.05, 0) is 57.0 Å². The molecule has 2 aromatic carbocycles. The molecule has 0 aliphatic carbocycles. The van der Waals surface area contributed by atoms with Crippen molar-refractivity contribution in [1.82, 2.24) is 5.32 Å². The van der Waals surface area contributed by atoms with E-state index in [4.69, 9.17) is 4.74 Å². The van der Waals surface area contributed by atoms with Crippen molar-refractivity contribution < 1.29 is 17.9 Å². The lowest BCUT2D eigenvalue weighted by Crippen LogP contribution is -2.48. The second kappa shape index (κ2) is 9.78. The van der Waals surface area contributed by atoms with Crippen LogP contribution >= 0.6 is 0 Å². The minimum Gasteiger partial charge on any atom is -0.494 e. The van der Waals surface area contributed by atoms with E-state index in [1.54, 1.807) is 31.2 Å². The van der Waals surface area contributed by atoms with Crippen molar-refractivity contribution in [2.45, 2.75) is 46.2 Å². The fraction of sp³-hybridized carbons (Fsp3) is 0.409. The van der Waals surface area contributed by atoms with Gasteiger partial charge in [-0.2, -0.15) is 0 Å². The van der Waals surface area contributed by atoms with E-state index in [0.717, 1.165) is 21.7 Å². The fourth-order valence-electron chi connectivity index (χ4n) is 3.18. The van der Waals surface area contributed by atoms with Gasteiger partial charge >= 0.3 is 0 Å². The third-order valence-electron chi connectivity index (χ3n) is 4.70. The highest BCUT2D eigenvalue weighted by molar-refractivity contribution is 7.92. The molecule has 0 saturated heterocycles. The molecular weight excluding hydrogens is 388 g/mol. The van der Waals surface area contributed by atoms with Gasteiger partial charge in [0, 0.05) is 0 Å². The second-order valence-electron chi connectivity index (χ2n) is 7.04. The van der Waals surface area contributed by atoms with Gasteiger partial charge in [-0.1, -0.05) is 36.8 Å². The topological polar surface area (TPSA) is 75.7 Å². The summed E-state index contributed by atoms with van der Waals surface area (Å²) in [6.07, 6.45) is 1.80. The van der Waals surface area contributed by atoms with Crippen LogP contribution in [0.3, 0.4) is 0 Å². The zero-order chi connectivity index (χ0) is 21.6. The molecule has 0 spiro atoms. The average Bonchev–Trinajstić information content (AvgIpc) is 2.67. The number of nitrogens with zero attached hydrogens (tertiary/aromatic N) is 1. The first-order valence-electron chi connectivity index (χ1n) is 9.76. The number of hydrogen-bond donors (Lipinski definition) is 1.